The van der Waals surface area contributed by atoms with Crippen molar-refractivity contribution in [2.24, 2.45) is 0 Å². The second-order valence-corrected chi connectivity index (χ2v) is 16.6. The molecule has 6 rings (SSSR count). The van der Waals surface area contributed by atoms with Gasteiger partial charge in [-0.05, 0) is 84.6 Å². The number of carboxylic acid groups (broad SMARTS) is 1. The van der Waals surface area contributed by atoms with Crippen LogP contribution in [0.2, 0.25) is 5.02 Å². The Morgan fingerprint density at radius 2 is 1.37 bits per heavy atom. The Balaban J connectivity index is 1.54. The van der Waals surface area contributed by atoms with Crippen molar-refractivity contribution in [3.63, 3.8) is 0 Å². The molecule has 1 atom stereocenters. The largest absolute Gasteiger partial charge is 0.478 e. The zero-order valence-corrected chi connectivity index (χ0v) is 30.1. The van der Waals surface area contributed by atoms with Gasteiger partial charge in [0.1, 0.15) is 11.6 Å². The van der Waals surface area contributed by atoms with Crippen LogP contribution in [0.5, 0.6) is 0 Å². The molecule has 5 aromatic carbocycles. The molecule has 13 heteroatoms. The third kappa shape index (κ3) is 7.80. The number of nitrogens with zero attached hydrogens (tertiary/aromatic N) is 1. The third-order valence-electron chi connectivity index (χ3n) is 8.84. The Labute approximate surface area is 305 Å². The number of nitrogens with one attached hydrogen (secondary N) is 1. The number of sulfonamides is 1. The summed E-state index contributed by atoms with van der Waals surface area (Å²) in [6, 6.07) is 30.6. The minimum atomic E-state index is -4.39. The van der Waals surface area contributed by atoms with Crippen molar-refractivity contribution in [3.05, 3.63) is 171 Å². The minimum Gasteiger partial charge on any atom is -0.478 e. The summed E-state index contributed by atoms with van der Waals surface area (Å²) in [5.74, 6) is -4.59. The van der Waals surface area contributed by atoms with E-state index < -0.39 is 66.6 Å². The van der Waals surface area contributed by atoms with Crippen LogP contribution in [0, 0.1) is 11.6 Å². The van der Waals surface area contributed by atoms with Gasteiger partial charge in [-0.15, -0.1) is 0 Å². The van der Waals surface area contributed by atoms with Crippen molar-refractivity contribution < 1.29 is 35.5 Å². The number of aromatic nitrogens is 1. The average Bonchev–Trinajstić information content (AvgIpc) is 3.43. The standard InChI is InChI=1S/C39H33ClF2N2O6S2/c1-25(43-52(49,50)24-33-34(41)13-8-14-35(33)42)37-31(21-22-51(47,48)30-18-15-28(16-19-30)39(45)46)32-23-29(40)17-20-36(32)44(37)38(26-9-4-2-5-10-26)27-11-6-3-7-12-27/h2-20,23,25,38,43H,21-22,24H2,1H3,(H,45,46). The smallest absolute Gasteiger partial charge is 0.335 e. The SMILES string of the molecule is CC(NS(=O)(=O)Cc1c(F)cccc1F)c1c(CCS(=O)(=O)c2ccc(C(=O)O)cc2)c2cc(Cl)ccc2n1C(c1ccccc1)c1ccccc1. The van der Waals surface area contributed by atoms with E-state index in [1.165, 1.54) is 24.3 Å². The molecule has 2 N–H and O–H groups in total. The first-order chi connectivity index (χ1) is 24.8. The van der Waals surface area contributed by atoms with Crippen LogP contribution in [0.15, 0.2) is 126 Å². The highest BCUT2D eigenvalue weighted by atomic mass is 35.5. The molecule has 0 aliphatic rings. The van der Waals surface area contributed by atoms with E-state index in [-0.39, 0.29) is 16.9 Å². The fraction of sp³-hybridized carbons (Fsp3) is 0.154. The third-order valence-corrected chi connectivity index (χ3v) is 12.2. The number of hydrogen-bond acceptors (Lipinski definition) is 5. The average molecular weight is 763 g/mol. The van der Waals surface area contributed by atoms with E-state index in [1.807, 2.05) is 65.2 Å². The molecule has 6 aromatic rings. The first-order valence-corrected chi connectivity index (χ1v) is 19.8. The van der Waals surface area contributed by atoms with Crippen molar-refractivity contribution in [2.75, 3.05) is 5.75 Å². The number of halogens is 3. The molecule has 0 radical (unpaired) electrons. The summed E-state index contributed by atoms with van der Waals surface area (Å²) in [7, 11) is -8.37. The fourth-order valence-electron chi connectivity index (χ4n) is 6.53. The van der Waals surface area contributed by atoms with Crippen LogP contribution in [0.3, 0.4) is 0 Å². The normalized spacial score (nSPS) is 12.7. The van der Waals surface area contributed by atoms with Gasteiger partial charge in [0.2, 0.25) is 10.0 Å². The lowest BCUT2D eigenvalue weighted by Crippen LogP contribution is -2.31. The molecule has 1 unspecified atom stereocenters. The van der Waals surface area contributed by atoms with Crippen LogP contribution in [0.4, 0.5) is 8.78 Å². The number of aryl methyl sites for hydroxylation is 1. The van der Waals surface area contributed by atoms with Gasteiger partial charge >= 0.3 is 5.97 Å². The Kier molecular flexibility index (Phi) is 10.6. The lowest BCUT2D eigenvalue weighted by Gasteiger charge is -2.27. The van der Waals surface area contributed by atoms with Gasteiger partial charge in [0.15, 0.2) is 9.84 Å². The number of fused-ring (bicyclic) bond motifs is 1. The topological polar surface area (TPSA) is 123 Å². The Hall–Kier alpha value is -4.88. The molecule has 52 heavy (non-hydrogen) atoms. The van der Waals surface area contributed by atoms with Gasteiger partial charge in [-0.25, -0.2) is 35.1 Å². The molecule has 0 bridgehead atoms. The minimum absolute atomic E-state index is 0.0665. The Morgan fingerprint density at radius 3 is 1.92 bits per heavy atom. The molecule has 0 saturated heterocycles. The maximum Gasteiger partial charge on any atom is 0.335 e. The molecule has 8 nitrogen and oxygen atoms in total. The van der Waals surface area contributed by atoms with Crippen molar-refractivity contribution in [1.29, 1.82) is 0 Å². The predicted molar refractivity (Wildman–Crippen MR) is 197 cm³/mol. The van der Waals surface area contributed by atoms with Crippen molar-refractivity contribution in [2.45, 2.75) is 36.1 Å². The van der Waals surface area contributed by atoms with Crippen LogP contribution in [0.25, 0.3) is 10.9 Å². The molecule has 0 saturated carbocycles. The van der Waals surface area contributed by atoms with Crippen molar-refractivity contribution in [1.82, 2.24) is 9.29 Å². The van der Waals surface area contributed by atoms with Crippen LogP contribution in [0.1, 0.15) is 57.3 Å². The molecule has 1 heterocycles. The molecule has 1 aromatic heterocycles. The molecular formula is C39H33ClF2N2O6S2. The number of rotatable bonds is 13. The van der Waals surface area contributed by atoms with Crippen LogP contribution < -0.4 is 4.72 Å². The van der Waals surface area contributed by atoms with Gasteiger partial charge in [-0.3, -0.25) is 0 Å². The number of carboxylic acids is 1. The highest BCUT2D eigenvalue weighted by Crippen LogP contribution is 2.40. The van der Waals surface area contributed by atoms with Gasteiger partial charge < -0.3 is 9.67 Å². The number of carbonyl (C=O) groups is 1. The molecule has 0 amide bonds. The van der Waals surface area contributed by atoms with Crippen molar-refractivity contribution >= 4 is 48.3 Å². The Bertz CT molecular complexity index is 2420. The summed E-state index contributed by atoms with van der Waals surface area (Å²) in [6.45, 7) is 1.59. The summed E-state index contributed by atoms with van der Waals surface area (Å²) < 4.78 is 88.5. The summed E-state index contributed by atoms with van der Waals surface area (Å²) in [6.07, 6.45) is -0.0908. The van der Waals surface area contributed by atoms with Gasteiger partial charge in [0.05, 0.1) is 34.0 Å². The summed E-state index contributed by atoms with van der Waals surface area (Å²) >= 11 is 6.54. The zero-order valence-electron chi connectivity index (χ0n) is 27.7. The molecule has 268 valence electrons. The van der Waals surface area contributed by atoms with E-state index in [1.54, 1.807) is 25.1 Å². The number of benzene rings is 5. The van der Waals surface area contributed by atoms with E-state index in [0.717, 1.165) is 29.3 Å². The summed E-state index contributed by atoms with van der Waals surface area (Å²) in [4.78, 5) is 11.3. The highest BCUT2D eigenvalue weighted by Gasteiger charge is 2.31. The maximum atomic E-state index is 14.6. The first-order valence-electron chi connectivity index (χ1n) is 16.2. The van der Waals surface area contributed by atoms with E-state index in [4.69, 9.17) is 11.6 Å². The summed E-state index contributed by atoms with van der Waals surface area (Å²) in [5.41, 5.74) is 2.58. The second kappa shape index (κ2) is 15.0. The van der Waals surface area contributed by atoms with E-state index in [9.17, 15) is 35.5 Å². The van der Waals surface area contributed by atoms with E-state index >= 15 is 0 Å². The highest BCUT2D eigenvalue weighted by molar-refractivity contribution is 7.91. The summed E-state index contributed by atoms with van der Waals surface area (Å²) in [5, 5.41) is 10.2. The molecular weight excluding hydrogens is 730 g/mol. The van der Waals surface area contributed by atoms with Crippen LogP contribution in [-0.4, -0.2) is 38.2 Å². The van der Waals surface area contributed by atoms with Crippen LogP contribution in [-0.2, 0) is 32.0 Å². The lowest BCUT2D eigenvalue weighted by molar-refractivity contribution is 0.0696. The predicted octanol–water partition coefficient (Wildman–Crippen LogP) is 8.11. The molecule has 0 aliphatic carbocycles. The maximum absolute atomic E-state index is 14.6. The van der Waals surface area contributed by atoms with Crippen molar-refractivity contribution in [3.8, 4) is 0 Å². The first kappa shape index (κ1) is 36.9. The zero-order chi connectivity index (χ0) is 37.2. The van der Waals surface area contributed by atoms with E-state index in [2.05, 4.69) is 4.72 Å². The van der Waals surface area contributed by atoms with E-state index in [0.29, 0.717) is 27.2 Å². The van der Waals surface area contributed by atoms with Gasteiger partial charge in [0.25, 0.3) is 0 Å². The number of sulfone groups is 1. The van der Waals surface area contributed by atoms with Gasteiger partial charge in [-0.2, -0.15) is 0 Å². The molecule has 0 spiro atoms. The number of hydrogen-bond donors (Lipinski definition) is 2. The fourth-order valence-corrected chi connectivity index (χ4v) is 9.35. The Morgan fingerprint density at radius 1 is 0.788 bits per heavy atom. The van der Waals surface area contributed by atoms with Gasteiger partial charge in [-0.1, -0.05) is 78.3 Å². The molecule has 0 aliphatic heterocycles. The monoisotopic (exact) mass is 762 g/mol. The van der Waals surface area contributed by atoms with Crippen LogP contribution >= 0.6 is 11.6 Å². The quantitative estimate of drug-likeness (QED) is 0.123. The second-order valence-electron chi connectivity index (χ2n) is 12.3. The molecule has 0 fully saturated rings. The van der Waals surface area contributed by atoms with Gasteiger partial charge in [0, 0.05) is 27.2 Å². The lowest BCUT2D eigenvalue weighted by atomic mass is 9.97. The number of aromatic carboxylic acids is 1.